The number of rotatable bonds is 0. The van der Waals surface area contributed by atoms with Crippen molar-refractivity contribution >= 4 is 23.1 Å². The molecule has 0 nitrogen and oxygen atoms in total. The minimum absolute atomic E-state index is 0. The Bertz CT molecular complexity index is 110. The molecule has 0 bridgehead atoms. The van der Waals surface area contributed by atoms with Crippen LogP contribution in [0.1, 0.15) is 20.8 Å². The van der Waals surface area contributed by atoms with E-state index >= 15 is 0 Å². The van der Waals surface area contributed by atoms with Crippen LogP contribution in [-0.4, -0.2) is 23.1 Å². The van der Waals surface area contributed by atoms with Gasteiger partial charge in [0, 0.05) is 0 Å². The molecule has 0 N–H and O–H groups in total. The maximum atomic E-state index is 2.89. The first-order valence-electron chi connectivity index (χ1n) is 3.41. The molecule has 0 unspecified atom stereocenters. The molecule has 1 aromatic rings. The molecule has 2 heteroatoms. The van der Waals surface area contributed by atoms with E-state index in [4.69, 9.17) is 0 Å². The molecule has 0 amide bonds. The van der Waals surface area contributed by atoms with E-state index in [1.807, 2.05) is 30.3 Å². The normalized spacial score (nSPS) is 7.00. The first-order chi connectivity index (χ1) is 4.73. The average Bonchev–Trinajstić information content (AvgIpc) is 1.90. The number of benzene rings is 1. The van der Waals surface area contributed by atoms with Crippen LogP contribution in [0.4, 0.5) is 0 Å². The van der Waals surface area contributed by atoms with Crippen molar-refractivity contribution in [3.8, 4) is 0 Å². The fourth-order valence-electron chi connectivity index (χ4n) is 0.342. The Hall–Kier alpha value is 0.466. The minimum atomic E-state index is 0. The zero-order valence-electron chi connectivity index (χ0n) is 7.97. The van der Waals surface area contributed by atoms with Gasteiger partial charge in [0.1, 0.15) is 0 Å². The van der Waals surface area contributed by atoms with Gasteiger partial charge in [0.2, 0.25) is 0 Å². The van der Waals surface area contributed by atoms with Crippen molar-refractivity contribution in [2.45, 2.75) is 20.8 Å². The van der Waals surface area contributed by atoms with E-state index in [9.17, 15) is 0 Å². The molecule has 1 aromatic carbocycles. The van der Waals surface area contributed by atoms with Crippen LogP contribution in [0.3, 0.4) is 0 Å². The van der Waals surface area contributed by atoms with E-state index in [0.717, 1.165) is 0 Å². The average molecular weight is 238 g/mol. The molecule has 1 rings (SSSR count). The van der Waals surface area contributed by atoms with Crippen molar-refractivity contribution in [3.63, 3.8) is 0 Å². The van der Waals surface area contributed by atoms with Gasteiger partial charge in [-0.2, -0.15) is 57.2 Å². The van der Waals surface area contributed by atoms with Crippen LogP contribution >= 0.6 is 0 Å². The Kier molecular flexibility index (Phi) is 21.4. The Morgan fingerprint density at radius 2 is 1.25 bits per heavy atom. The Labute approximate surface area is 103 Å². The van der Waals surface area contributed by atoms with E-state index in [1.165, 1.54) is 5.92 Å². The van der Waals surface area contributed by atoms with Crippen LogP contribution in [0.2, 0.25) is 0 Å². The molecule has 0 saturated heterocycles. The van der Waals surface area contributed by atoms with Gasteiger partial charge in [-0.3, -0.25) is 0 Å². The van der Waals surface area contributed by atoms with E-state index < -0.39 is 0 Å². The van der Waals surface area contributed by atoms with Crippen molar-refractivity contribution in [3.05, 3.63) is 42.3 Å². The second-order valence-corrected chi connectivity index (χ2v) is 2.58. The summed E-state index contributed by atoms with van der Waals surface area (Å²) in [5, 5.41) is 0. The summed E-state index contributed by atoms with van der Waals surface area (Å²) >= 11 is 0. The zero-order valence-corrected chi connectivity index (χ0v) is 11.0. The van der Waals surface area contributed by atoms with E-state index in [-0.39, 0.29) is 40.0 Å². The van der Waals surface area contributed by atoms with Crippen molar-refractivity contribution in [1.29, 1.82) is 0 Å². The van der Waals surface area contributed by atoms with Gasteiger partial charge in [-0.05, 0) is 0 Å². The predicted octanol–water partition coefficient (Wildman–Crippen LogP) is -0.269. The summed E-state index contributed by atoms with van der Waals surface area (Å²) in [7, 11) is 0. The molecule has 0 fully saturated rings. The maximum absolute atomic E-state index is 2.89. The summed E-state index contributed by atoms with van der Waals surface area (Å²) in [6.07, 6.45) is 0. The number of hydrogen-bond acceptors (Lipinski definition) is 0. The quantitative estimate of drug-likeness (QED) is 0.431. The molecular formula is C10H14BrMg-. The predicted molar refractivity (Wildman–Crippen MR) is 51.3 cm³/mol. The molecule has 0 saturated carbocycles. The number of halogens is 1. The summed E-state index contributed by atoms with van der Waals surface area (Å²) in [5.74, 6) is 1.42. The van der Waals surface area contributed by atoms with Crippen LogP contribution < -0.4 is 17.0 Å². The van der Waals surface area contributed by atoms with Gasteiger partial charge < -0.3 is 22.9 Å². The van der Waals surface area contributed by atoms with Crippen LogP contribution in [0.25, 0.3) is 0 Å². The fourth-order valence-corrected chi connectivity index (χ4v) is 0.342. The molecule has 0 heterocycles. The van der Waals surface area contributed by atoms with Crippen molar-refractivity contribution in [2.24, 2.45) is 0 Å². The molecule has 0 aromatic heterocycles. The first-order valence-corrected chi connectivity index (χ1v) is 3.41. The molecule has 0 aliphatic carbocycles. The largest absolute Gasteiger partial charge is 2.00 e. The summed E-state index contributed by atoms with van der Waals surface area (Å²) in [4.78, 5) is 0. The monoisotopic (exact) mass is 237 g/mol. The smallest absolute Gasteiger partial charge is 1.00 e. The Morgan fingerprint density at radius 3 is 1.33 bits per heavy atom. The van der Waals surface area contributed by atoms with Gasteiger partial charge in [0.15, 0.2) is 0 Å². The third kappa shape index (κ3) is 22.4. The standard InChI is InChI=1S/C6H5.C4H9.BrH.Mg/c1-2-4-6-5-3-1;1-4(2)3;;/h1-5H;1-3H3;1H;/q2*-1;;+2/p-1. The third-order valence-electron chi connectivity index (χ3n) is 0.607. The van der Waals surface area contributed by atoms with Gasteiger partial charge in [0.05, 0.1) is 0 Å². The van der Waals surface area contributed by atoms with Crippen LogP contribution in [0, 0.1) is 12.0 Å². The van der Waals surface area contributed by atoms with Gasteiger partial charge in [-0.1, -0.05) is 0 Å². The molecule has 0 aliphatic rings. The molecule has 64 valence electrons. The van der Waals surface area contributed by atoms with E-state index in [2.05, 4.69) is 26.8 Å². The number of hydrogen-bond donors (Lipinski definition) is 0. The van der Waals surface area contributed by atoms with Gasteiger partial charge >= 0.3 is 23.1 Å². The zero-order chi connectivity index (χ0) is 7.82. The summed E-state index contributed by atoms with van der Waals surface area (Å²) in [6.45, 7) is 6.25. The molecule has 0 aliphatic heterocycles. The van der Waals surface area contributed by atoms with Gasteiger partial charge in [0.25, 0.3) is 0 Å². The fraction of sp³-hybridized carbons (Fsp3) is 0.300. The summed E-state index contributed by atoms with van der Waals surface area (Å²) < 4.78 is 0. The maximum Gasteiger partial charge on any atom is 2.00 e. The van der Waals surface area contributed by atoms with Crippen molar-refractivity contribution in [1.82, 2.24) is 0 Å². The Morgan fingerprint density at radius 1 is 0.917 bits per heavy atom. The molecular weight excluding hydrogens is 224 g/mol. The molecule has 0 atom stereocenters. The molecule has 0 radical (unpaired) electrons. The SMILES string of the molecule is C[C-](C)C.[Br-].[Mg+2].[c-]1ccccc1. The van der Waals surface area contributed by atoms with E-state index in [0.29, 0.717) is 0 Å². The van der Waals surface area contributed by atoms with E-state index in [1.54, 1.807) is 0 Å². The van der Waals surface area contributed by atoms with Gasteiger partial charge in [-0.25, -0.2) is 0 Å². The summed E-state index contributed by atoms with van der Waals surface area (Å²) in [5.41, 5.74) is 0. The second kappa shape index (κ2) is 14.0. The van der Waals surface area contributed by atoms with Crippen LogP contribution in [-0.2, 0) is 0 Å². The van der Waals surface area contributed by atoms with Crippen molar-refractivity contribution in [2.75, 3.05) is 0 Å². The topological polar surface area (TPSA) is 0 Å². The molecule has 12 heavy (non-hydrogen) atoms. The van der Waals surface area contributed by atoms with Crippen LogP contribution in [0.5, 0.6) is 0 Å². The first kappa shape index (κ1) is 18.3. The molecule has 0 spiro atoms. The summed E-state index contributed by atoms with van der Waals surface area (Å²) in [6, 6.07) is 12.5. The van der Waals surface area contributed by atoms with Crippen molar-refractivity contribution < 1.29 is 17.0 Å². The van der Waals surface area contributed by atoms with Crippen LogP contribution in [0.15, 0.2) is 30.3 Å². The Balaban J connectivity index is -0.000000124. The second-order valence-electron chi connectivity index (χ2n) is 2.58. The third-order valence-corrected chi connectivity index (χ3v) is 0.607. The van der Waals surface area contributed by atoms with Gasteiger partial charge in [-0.15, -0.1) is 0 Å². The minimum Gasteiger partial charge on any atom is -1.00 e.